The lowest BCUT2D eigenvalue weighted by Crippen LogP contribution is -2.21. The highest BCUT2D eigenvalue weighted by atomic mass is 35.5. The lowest BCUT2D eigenvalue weighted by atomic mass is 9.97. The van der Waals surface area contributed by atoms with Gasteiger partial charge in [0.05, 0.1) is 21.7 Å². The monoisotopic (exact) mass is 422 g/mol. The Balaban J connectivity index is 2.18. The Morgan fingerprint density at radius 2 is 1.88 bits per heavy atom. The number of aliphatic carboxylic acids is 1. The molecule has 0 radical (unpaired) electrons. The van der Waals surface area contributed by atoms with Gasteiger partial charge in [0.15, 0.2) is 5.75 Å². The van der Waals surface area contributed by atoms with Gasteiger partial charge >= 0.3 is 17.9 Å². The van der Waals surface area contributed by atoms with Crippen molar-refractivity contribution in [3.05, 3.63) is 26.7 Å². The van der Waals surface area contributed by atoms with E-state index >= 15 is 0 Å². The summed E-state index contributed by atoms with van der Waals surface area (Å²) in [6, 6.07) is 1.15. The minimum absolute atomic E-state index is 0.0526. The zero-order valence-electron chi connectivity index (χ0n) is 13.9. The van der Waals surface area contributed by atoms with Crippen molar-refractivity contribution in [2.45, 2.75) is 32.6 Å². The van der Waals surface area contributed by atoms with E-state index in [1.54, 1.807) is 0 Å². The second kappa shape index (κ2) is 8.93. The smallest absolute Gasteiger partial charge is 0.422 e. The summed E-state index contributed by atoms with van der Waals surface area (Å²) in [4.78, 5) is 34.5. The van der Waals surface area contributed by atoms with E-state index in [9.17, 15) is 14.4 Å². The number of ether oxygens (including phenoxy) is 2. The van der Waals surface area contributed by atoms with Crippen LogP contribution in [0.3, 0.4) is 0 Å². The fourth-order valence-corrected chi connectivity index (χ4v) is 3.43. The molecule has 0 spiro atoms. The van der Waals surface area contributed by atoms with E-state index in [2.05, 4.69) is 11.7 Å². The average Bonchev–Trinajstić information content (AvgIpc) is 3.41. The van der Waals surface area contributed by atoms with Crippen molar-refractivity contribution in [3.8, 4) is 5.75 Å². The van der Waals surface area contributed by atoms with E-state index in [1.165, 1.54) is 12.8 Å². The third kappa shape index (κ3) is 5.02. The van der Waals surface area contributed by atoms with E-state index in [-0.39, 0.29) is 27.2 Å². The third-order valence-electron chi connectivity index (χ3n) is 4.23. The molecule has 1 saturated carbocycles. The number of halogens is 3. The van der Waals surface area contributed by atoms with Gasteiger partial charge in [0, 0.05) is 0 Å². The maximum absolute atomic E-state index is 12.4. The van der Waals surface area contributed by atoms with Crippen molar-refractivity contribution in [2.75, 3.05) is 6.61 Å². The number of hydrogen-bond donors (Lipinski definition) is 1. The number of carbonyl (C=O) groups is 3. The summed E-state index contributed by atoms with van der Waals surface area (Å²) in [6.45, 7) is 2.24. The highest BCUT2D eigenvalue weighted by Gasteiger charge is 2.31. The molecule has 0 amide bonds. The first-order chi connectivity index (χ1) is 12.3. The van der Waals surface area contributed by atoms with E-state index in [0.717, 1.165) is 12.5 Å². The van der Waals surface area contributed by atoms with Gasteiger partial charge in [0.2, 0.25) is 0 Å². The third-order valence-corrected chi connectivity index (χ3v) is 5.30. The van der Waals surface area contributed by atoms with Crippen LogP contribution >= 0.6 is 34.8 Å². The second-order valence-corrected chi connectivity index (χ2v) is 7.18. The van der Waals surface area contributed by atoms with E-state index in [4.69, 9.17) is 44.6 Å². The summed E-state index contributed by atoms with van der Waals surface area (Å²) in [5, 5.41) is 8.17. The molecule has 26 heavy (non-hydrogen) atoms. The molecule has 142 valence electrons. The van der Waals surface area contributed by atoms with Gasteiger partial charge in [-0.25, -0.2) is 14.4 Å². The molecule has 9 heteroatoms. The molecule has 1 aromatic carbocycles. The topological polar surface area (TPSA) is 89.9 Å². The molecule has 2 rings (SSSR count). The molecule has 1 aromatic rings. The minimum atomic E-state index is -1.85. The quantitative estimate of drug-likeness (QED) is 0.298. The van der Waals surface area contributed by atoms with E-state index in [1.807, 2.05) is 0 Å². The van der Waals surface area contributed by atoms with E-state index in [0.29, 0.717) is 18.3 Å². The van der Waals surface area contributed by atoms with Crippen molar-refractivity contribution in [1.29, 1.82) is 0 Å². The number of carboxylic acid groups (broad SMARTS) is 1. The zero-order chi connectivity index (χ0) is 19.4. The largest absolute Gasteiger partial charge is 0.473 e. The second-order valence-electron chi connectivity index (χ2n) is 5.98. The molecule has 6 nitrogen and oxygen atoms in total. The summed E-state index contributed by atoms with van der Waals surface area (Å²) in [5.41, 5.74) is -0.377. The van der Waals surface area contributed by atoms with Crippen LogP contribution in [-0.2, 0) is 14.3 Å². The summed E-state index contributed by atoms with van der Waals surface area (Å²) in [7, 11) is 0. The van der Waals surface area contributed by atoms with Gasteiger partial charge in [-0.05, 0) is 37.2 Å². The maximum Gasteiger partial charge on any atom is 0.422 e. The van der Waals surface area contributed by atoms with Crippen LogP contribution in [0.1, 0.15) is 43.0 Å². The van der Waals surface area contributed by atoms with Gasteiger partial charge in [0.1, 0.15) is 5.56 Å². The number of hydrogen-bond acceptors (Lipinski definition) is 5. The molecule has 1 aliphatic carbocycles. The van der Waals surface area contributed by atoms with Crippen LogP contribution < -0.4 is 4.74 Å². The first-order valence-corrected chi connectivity index (χ1v) is 9.19. The predicted octanol–water partition coefficient (Wildman–Crippen LogP) is 4.62. The van der Waals surface area contributed by atoms with Crippen molar-refractivity contribution in [2.24, 2.45) is 11.8 Å². The molecule has 1 atom stereocenters. The van der Waals surface area contributed by atoms with Gasteiger partial charge in [-0.2, -0.15) is 0 Å². The van der Waals surface area contributed by atoms with Crippen LogP contribution in [0.4, 0.5) is 0 Å². The lowest BCUT2D eigenvalue weighted by Gasteiger charge is -2.16. The molecule has 1 fully saturated rings. The molecule has 0 heterocycles. The number of benzene rings is 1. The van der Waals surface area contributed by atoms with Crippen LogP contribution in [-0.4, -0.2) is 29.6 Å². The standard InChI is InChI=1S/C17H17Cl3O6/c1-2-8(9-3-4-9)5-6-25-16(23)12-13(20)10(18)7-11(19)14(12)26-17(24)15(21)22/h7-9H,2-6H2,1H3,(H,21,22). The molecule has 1 N–H and O–H groups in total. The first-order valence-electron chi connectivity index (χ1n) is 8.05. The first kappa shape index (κ1) is 20.8. The molecule has 0 saturated heterocycles. The normalized spacial score (nSPS) is 14.6. The van der Waals surface area contributed by atoms with Gasteiger partial charge in [-0.15, -0.1) is 0 Å². The lowest BCUT2D eigenvalue weighted by molar-refractivity contribution is -0.158. The summed E-state index contributed by atoms with van der Waals surface area (Å²) < 4.78 is 9.91. The van der Waals surface area contributed by atoms with Crippen LogP contribution in [0.15, 0.2) is 6.07 Å². The number of carboxylic acids is 1. The molecule has 1 aliphatic rings. The molecule has 0 aliphatic heterocycles. The van der Waals surface area contributed by atoms with E-state index < -0.39 is 23.7 Å². The molecule has 0 bridgehead atoms. The predicted molar refractivity (Wildman–Crippen MR) is 96.1 cm³/mol. The Labute approximate surface area is 165 Å². The van der Waals surface area contributed by atoms with Crippen LogP contribution in [0.2, 0.25) is 15.1 Å². The molecular formula is C17H17Cl3O6. The average molecular weight is 424 g/mol. The fourth-order valence-electron chi connectivity index (χ4n) is 2.71. The van der Waals surface area contributed by atoms with Crippen LogP contribution in [0, 0.1) is 11.8 Å². The summed E-state index contributed by atoms with van der Waals surface area (Å²) in [5.74, 6) is -3.69. The van der Waals surface area contributed by atoms with Gasteiger partial charge in [-0.3, -0.25) is 0 Å². The van der Waals surface area contributed by atoms with Crippen molar-refractivity contribution < 1.29 is 29.0 Å². The summed E-state index contributed by atoms with van der Waals surface area (Å²) in [6.07, 6.45) is 4.07. The van der Waals surface area contributed by atoms with Gasteiger partial charge in [-0.1, -0.05) is 48.1 Å². The SMILES string of the molecule is CCC(CCOC(=O)c1c(Cl)c(Cl)cc(Cl)c1OC(=O)C(=O)O)C1CC1. The molecule has 0 aromatic heterocycles. The zero-order valence-corrected chi connectivity index (χ0v) is 16.2. The van der Waals surface area contributed by atoms with Gasteiger partial charge in [0.25, 0.3) is 0 Å². The highest BCUT2D eigenvalue weighted by Crippen LogP contribution is 2.41. The highest BCUT2D eigenvalue weighted by molar-refractivity contribution is 6.46. The maximum atomic E-state index is 12.4. The minimum Gasteiger partial charge on any atom is -0.473 e. The molecule has 1 unspecified atom stereocenters. The van der Waals surface area contributed by atoms with Crippen LogP contribution in [0.5, 0.6) is 5.75 Å². The van der Waals surface area contributed by atoms with Crippen molar-refractivity contribution >= 4 is 52.7 Å². The number of rotatable bonds is 7. The fraction of sp³-hybridized carbons (Fsp3) is 0.471. The Morgan fingerprint density at radius 3 is 2.42 bits per heavy atom. The van der Waals surface area contributed by atoms with Crippen molar-refractivity contribution in [3.63, 3.8) is 0 Å². The van der Waals surface area contributed by atoms with Crippen molar-refractivity contribution in [1.82, 2.24) is 0 Å². The Bertz CT molecular complexity index is 730. The number of carbonyl (C=O) groups excluding carboxylic acids is 2. The Kier molecular flexibility index (Phi) is 7.15. The number of esters is 2. The Hall–Kier alpha value is -1.50. The van der Waals surface area contributed by atoms with Gasteiger partial charge < -0.3 is 14.6 Å². The van der Waals surface area contributed by atoms with Crippen LogP contribution in [0.25, 0.3) is 0 Å². The Morgan fingerprint density at radius 1 is 1.23 bits per heavy atom. The molecular weight excluding hydrogens is 407 g/mol. The summed E-state index contributed by atoms with van der Waals surface area (Å²) >= 11 is 17.9.